The number of morpholine rings is 1. The van der Waals surface area contributed by atoms with Gasteiger partial charge in [-0.05, 0) is 31.4 Å². The molecule has 2 aromatic heterocycles. The quantitative estimate of drug-likeness (QED) is 0.396. The number of fused-ring (bicyclic) bond motifs is 1. The van der Waals surface area contributed by atoms with Crippen molar-refractivity contribution in [2.75, 3.05) is 36.6 Å². The van der Waals surface area contributed by atoms with Crippen molar-refractivity contribution >= 4 is 34.9 Å². The molecule has 1 aliphatic heterocycles. The van der Waals surface area contributed by atoms with E-state index in [2.05, 4.69) is 36.8 Å². The molecule has 1 aliphatic carbocycles. The van der Waals surface area contributed by atoms with Gasteiger partial charge in [-0.2, -0.15) is 10.1 Å². The maximum Gasteiger partial charge on any atom is 0.268 e. The number of anilines is 2. The van der Waals surface area contributed by atoms with Crippen LogP contribution in [0.4, 0.5) is 11.8 Å². The minimum atomic E-state index is -0.0974. The van der Waals surface area contributed by atoms with Crippen molar-refractivity contribution in [2.24, 2.45) is 5.10 Å². The second kappa shape index (κ2) is 9.58. The molecule has 172 valence electrons. The molecule has 5 rings (SSSR count). The van der Waals surface area contributed by atoms with Crippen molar-refractivity contribution in [1.29, 1.82) is 0 Å². The van der Waals surface area contributed by atoms with E-state index in [1.807, 2.05) is 25.1 Å². The molecule has 3 N–H and O–H groups in total. The van der Waals surface area contributed by atoms with Crippen LogP contribution in [0.25, 0.3) is 11.0 Å². The second-order valence-electron chi connectivity index (χ2n) is 8.65. The first-order valence-electron chi connectivity index (χ1n) is 11.6. The van der Waals surface area contributed by atoms with Gasteiger partial charge in [0.1, 0.15) is 11.2 Å². The molecule has 1 aromatic carbocycles. The van der Waals surface area contributed by atoms with Crippen LogP contribution < -0.4 is 15.6 Å². The molecule has 1 saturated heterocycles. The van der Waals surface area contributed by atoms with Crippen LogP contribution in [-0.4, -0.2) is 59.4 Å². The van der Waals surface area contributed by atoms with Gasteiger partial charge in [0.25, 0.3) is 5.91 Å². The fourth-order valence-electron chi connectivity index (χ4n) is 4.42. The van der Waals surface area contributed by atoms with E-state index < -0.39 is 0 Å². The fourth-order valence-corrected chi connectivity index (χ4v) is 4.42. The Labute approximate surface area is 192 Å². The zero-order valence-electron chi connectivity index (χ0n) is 18.8. The van der Waals surface area contributed by atoms with Crippen LogP contribution in [0.2, 0.25) is 0 Å². The Kier molecular flexibility index (Phi) is 6.21. The number of benzene rings is 1. The topological polar surface area (TPSA) is 108 Å². The third-order valence-corrected chi connectivity index (χ3v) is 6.12. The van der Waals surface area contributed by atoms with Crippen molar-refractivity contribution in [3.8, 4) is 0 Å². The number of H-pyrrole nitrogens is 1. The number of aryl methyl sites for hydroxylation is 1. The molecule has 0 radical (unpaired) electrons. The van der Waals surface area contributed by atoms with Gasteiger partial charge in [-0.15, -0.1) is 0 Å². The van der Waals surface area contributed by atoms with Crippen LogP contribution in [-0.2, 0) is 4.74 Å². The third-order valence-electron chi connectivity index (χ3n) is 6.12. The maximum absolute atomic E-state index is 12.8. The number of carbonyl (C=O) groups excluding carboxylic acids is 1. The number of nitrogens with one attached hydrogen (secondary N) is 3. The number of ether oxygens (including phenoxy) is 1. The minimum absolute atomic E-state index is 0.0974. The summed E-state index contributed by atoms with van der Waals surface area (Å²) in [6.45, 7) is 4.76. The Morgan fingerprint density at radius 2 is 2.03 bits per heavy atom. The number of hydrazone groups is 1. The normalized spacial score (nSPS) is 17.2. The van der Waals surface area contributed by atoms with Crippen molar-refractivity contribution in [3.05, 3.63) is 47.2 Å². The summed E-state index contributed by atoms with van der Waals surface area (Å²) in [5.74, 6) is 1.03. The first-order chi connectivity index (χ1) is 16.2. The molecule has 2 fully saturated rings. The largest absolute Gasteiger partial charge is 0.378 e. The van der Waals surface area contributed by atoms with Gasteiger partial charge in [0.2, 0.25) is 5.95 Å². The van der Waals surface area contributed by atoms with Gasteiger partial charge < -0.3 is 19.9 Å². The summed E-state index contributed by atoms with van der Waals surface area (Å²) in [6, 6.07) is 10.1. The van der Waals surface area contributed by atoms with Crippen LogP contribution >= 0.6 is 0 Å². The summed E-state index contributed by atoms with van der Waals surface area (Å²) in [5.41, 5.74) is 7.04. The Balaban J connectivity index is 1.43. The van der Waals surface area contributed by atoms with Gasteiger partial charge in [-0.3, -0.25) is 4.79 Å². The number of carbonyl (C=O) groups is 1. The second-order valence-corrected chi connectivity index (χ2v) is 8.65. The summed E-state index contributed by atoms with van der Waals surface area (Å²) >= 11 is 0. The van der Waals surface area contributed by atoms with Crippen LogP contribution in [0.15, 0.2) is 35.4 Å². The van der Waals surface area contributed by atoms with E-state index in [4.69, 9.17) is 9.72 Å². The molecule has 1 amide bonds. The van der Waals surface area contributed by atoms with Crippen LogP contribution in [0.1, 0.15) is 47.3 Å². The fraction of sp³-hybridized carbons (Fsp3) is 0.417. The maximum atomic E-state index is 12.8. The van der Waals surface area contributed by atoms with E-state index >= 15 is 0 Å². The van der Waals surface area contributed by atoms with Crippen LogP contribution in [0.5, 0.6) is 0 Å². The molecular weight excluding hydrogens is 418 g/mol. The van der Waals surface area contributed by atoms with Gasteiger partial charge in [0.15, 0.2) is 5.82 Å². The molecule has 9 heteroatoms. The van der Waals surface area contributed by atoms with E-state index in [0.29, 0.717) is 30.4 Å². The third kappa shape index (κ3) is 4.98. The lowest BCUT2D eigenvalue weighted by Crippen LogP contribution is -2.37. The predicted molar refractivity (Wildman–Crippen MR) is 129 cm³/mol. The number of amides is 1. The van der Waals surface area contributed by atoms with E-state index in [9.17, 15) is 4.79 Å². The van der Waals surface area contributed by atoms with Gasteiger partial charge >= 0.3 is 0 Å². The van der Waals surface area contributed by atoms with Gasteiger partial charge in [-0.25, -0.2) is 10.4 Å². The molecule has 1 saturated carbocycles. The Bertz CT molecular complexity index is 1160. The Morgan fingerprint density at radius 3 is 2.82 bits per heavy atom. The summed E-state index contributed by atoms with van der Waals surface area (Å²) in [4.78, 5) is 27.6. The average Bonchev–Trinajstić information content (AvgIpc) is 3.49. The minimum Gasteiger partial charge on any atom is -0.378 e. The molecular formula is C24H29N7O2. The molecule has 3 aromatic rings. The summed E-state index contributed by atoms with van der Waals surface area (Å²) in [5, 5.41) is 7.46. The Hall–Kier alpha value is -3.46. The highest BCUT2D eigenvalue weighted by molar-refractivity contribution is 6.00. The van der Waals surface area contributed by atoms with Crippen LogP contribution in [0.3, 0.4) is 0 Å². The van der Waals surface area contributed by atoms with Crippen molar-refractivity contribution in [1.82, 2.24) is 20.3 Å². The van der Waals surface area contributed by atoms with Gasteiger partial charge in [0.05, 0.1) is 24.9 Å². The van der Waals surface area contributed by atoms with E-state index in [0.717, 1.165) is 42.8 Å². The highest BCUT2D eigenvalue weighted by atomic mass is 16.5. The van der Waals surface area contributed by atoms with E-state index in [-0.39, 0.29) is 11.9 Å². The Morgan fingerprint density at radius 1 is 1.21 bits per heavy atom. The first kappa shape index (κ1) is 21.4. The molecule has 0 bridgehead atoms. The number of nitrogens with zero attached hydrogens (tertiary/aromatic N) is 4. The summed E-state index contributed by atoms with van der Waals surface area (Å²) in [6.07, 6.45) is 6.16. The molecule has 0 unspecified atom stereocenters. The lowest BCUT2D eigenvalue weighted by Gasteiger charge is -2.28. The summed E-state index contributed by atoms with van der Waals surface area (Å²) in [7, 11) is 0. The number of rotatable bonds is 6. The zero-order chi connectivity index (χ0) is 22.6. The molecule has 9 nitrogen and oxygen atoms in total. The highest BCUT2D eigenvalue weighted by Crippen LogP contribution is 2.27. The van der Waals surface area contributed by atoms with Crippen molar-refractivity contribution < 1.29 is 9.53 Å². The zero-order valence-corrected chi connectivity index (χ0v) is 18.8. The van der Waals surface area contributed by atoms with E-state index in [1.54, 1.807) is 12.3 Å². The highest BCUT2D eigenvalue weighted by Gasteiger charge is 2.23. The first-order valence-corrected chi connectivity index (χ1v) is 11.6. The SMILES string of the molecule is Cc1cccc(/C=N/Nc2nc(N3CCOCC3)c3[nH]c(C(=O)NC4CCCC4)cc3n2)c1. The standard InChI is InChI=1S/C24H29N7O2/c1-16-5-4-6-17(13-16)15-25-30-24-28-19-14-20(23(32)26-18-7-2-3-8-18)27-21(19)22(29-24)31-9-11-33-12-10-31/h4-6,13-15,18,27H,2-3,7-12H2,1H3,(H,26,32)(H,28,29,30)/b25-15+. The van der Waals surface area contributed by atoms with Crippen molar-refractivity contribution in [3.63, 3.8) is 0 Å². The predicted octanol–water partition coefficient (Wildman–Crippen LogP) is 3.22. The average molecular weight is 448 g/mol. The van der Waals surface area contributed by atoms with Gasteiger partial charge in [0, 0.05) is 19.1 Å². The lowest BCUT2D eigenvalue weighted by atomic mass is 10.2. The summed E-state index contributed by atoms with van der Waals surface area (Å²) < 4.78 is 5.51. The van der Waals surface area contributed by atoms with Gasteiger partial charge in [-0.1, -0.05) is 42.7 Å². The lowest BCUT2D eigenvalue weighted by molar-refractivity contribution is 0.0933. The number of hydrogen-bond donors (Lipinski definition) is 3. The molecule has 33 heavy (non-hydrogen) atoms. The number of aromatic amines is 1. The van der Waals surface area contributed by atoms with Crippen LogP contribution in [0, 0.1) is 6.92 Å². The molecule has 3 heterocycles. The molecule has 0 spiro atoms. The van der Waals surface area contributed by atoms with E-state index in [1.165, 1.54) is 18.4 Å². The molecule has 0 atom stereocenters. The number of hydrogen-bond acceptors (Lipinski definition) is 7. The molecule has 2 aliphatic rings. The number of aromatic nitrogens is 3. The smallest absolute Gasteiger partial charge is 0.268 e. The monoisotopic (exact) mass is 447 g/mol. The van der Waals surface area contributed by atoms with Crippen molar-refractivity contribution in [2.45, 2.75) is 38.6 Å².